The third-order valence-corrected chi connectivity index (χ3v) is 14.8. The molecule has 0 bridgehead atoms. The first kappa shape index (κ1) is 67.8. The summed E-state index contributed by atoms with van der Waals surface area (Å²) < 4.78 is 34.4. The van der Waals surface area contributed by atoms with Crippen molar-refractivity contribution in [1.82, 2.24) is 0 Å². The van der Waals surface area contributed by atoms with Gasteiger partial charge in [0.2, 0.25) is 0 Å². The Morgan fingerprint density at radius 1 is 0.438 bits per heavy atom. The molecule has 2 saturated heterocycles. The summed E-state index contributed by atoms with van der Waals surface area (Å²) in [5, 5.41) is 72.4. The molecule has 0 aromatic rings. The van der Waals surface area contributed by atoms with E-state index in [1.807, 2.05) is 0 Å². The SMILES string of the molecule is CCCCCCCC/C=C\CCCCCCCCCCOCC(COC1OC(COC2OC(CO)C(O)C(O)C2O)C(O)C(O)C1O)OC(=O)CCCCCCCCCCCCCCCCCCCCCCC. The van der Waals surface area contributed by atoms with Crippen molar-refractivity contribution in [3.05, 3.63) is 12.2 Å². The van der Waals surface area contributed by atoms with E-state index in [9.17, 15) is 40.5 Å². The second-order valence-corrected chi connectivity index (χ2v) is 21.5. The minimum absolute atomic E-state index is 0.0656. The average Bonchev–Trinajstić information content (AvgIpc) is 3.39. The largest absolute Gasteiger partial charge is 0.457 e. The summed E-state index contributed by atoms with van der Waals surface area (Å²) in [5.74, 6) is -0.370. The highest BCUT2D eigenvalue weighted by atomic mass is 16.7. The lowest BCUT2D eigenvalue weighted by atomic mass is 9.98. The van der Waals surface area contributed by atoms with Crippen molar-refractivity contribution < 1.29 is 69.0 Å². The number of hydrogen-bond acceptors (Lipinski definition) is 14. The zero-order chi connectivity index (χ0) is 53.0. The topological polar surface area (TPSA) is 214 Å². The molecule has 11 atom stereocenters. The molecule has 0 aromatic carbocycles. The van der Waals surface area contributed by atoms with Crippen molar-refractivity contribution in [3.8, 4) is 0 Å². The smallest absolute Gasteiger partial charge is 0.306 e. The van der Waals surface area contributed by atoms with Crippen molar-refractivity contribution in [2.75, 3.05) is 33.0 Å². The molecule has 0 saturated carbocycles. The molecule has 11 unspecified atom stereocenters. The number of allylic oxidation sites excluding steroid dienone is 2. The van der Waals surface area contributed by atoms with E-state index in [1.165, 1.54) is 193 Å². The highest BCUT2D eigenvalue weighted by molar-refractivity contribution is 5.69. The number of esters is 1. The van der Waals surface area contributed by atoms with Crippen LogP contribution in [-0.4, -0.2) is 142 Å². The Morgan fingerprint density at radius 3 is 1.25 bits per heavy atom. The molecule has 2 aliphatic rings. The van der Waals surface area contributed by atoms with E-state index >= 15 is 0 Å². The van der Waals surface area contributed by atoms with E-state index in [4.69, 9.17) is 28.4 Å². The van der Waals surface area contributed by atoms with Crippen LogP contribution in [0.2, 0.25) is 0 Å². The Hall–Kier alpha value is -1.27. The van der Waals surface area contributed by atoms with Crippen LogP contribution < -0.4 is 0 Å². The van der Waals surface area contributed by atoms with Crippen molar-refractivity contribution in [2.24, 2.45) is 0 Å². The summed E-state index contributed by atoms with van der Waals surface area (Å²) in [5.41, 5.74) is 0. The van der Waals surface area contributed by atoms with E-state index in [2.05, 4.69) is 26.0 Å². The molecule has 7 N–H and O–H groups in total. The lowest BCUT2D eigenvalue weighted by Gasteiger charge is -2.42. The maximum absolute atomic E-state index is 13.1. The maximum atomic E-state index is 13.1. The van der Waals surface area contributed by atoms with Crippen LogP contribution in [0.1, 0.15) is 258 Å². The molecule has 0 aromatic heterocycles. The average molecular weight is 1050 g/mol. The van der Waals surface area contributed by atoms with E-state index in [1.54, 1.807) is 0 Å². The summed E-state index contributed by atoms with van der Waals surface area (Å²) in [7, 11) is 0. The summed E-state index contributed by atoms with van der Waals surface area (Å²) in [6.07, 6.45) is 35.6. The van der Waals surface area contributed by atoms with Crippen molar-refractivity contribution in [3.63, 3.8) is 0 Å². The van der Waals surface area contributed by atoms with E-state index in [0.717, 1.165) is 38.5 Å². The van der Waals surface area contributed by atoms with Crippen molar-refractivity contribution >= 4 is 5.97 Å². The van der Waals surface area contributed by atoms with Crippen LogP contribution in [0.3, 0.4) is 0 Å². The van der Waals surface area contributed by atoms with Gasteiger partial charge in [0.05, 0.1) is 26.4 Å². The molecule has 2 heterocycles. The highest BCUT2D eigenvalue weighted by Gasteiger charge is 2.47. The molecule has 0 spiro atoms. The van der Waals surface area contributed by atoms with Gasteiger partial charge in [0.25, 0.3) is 0 Å². The molecule has 0 amide bonds. The molecule has 2 aliphatic heterocycles. The Labute approximate surface area is 444 Å². The van der Waals surface area contributed by atoms with E-state index in [0.29, 0.717) is 13.0 Å². The van der Waals surface area contributed by atoms with Crippen LogP contribution in [0.5, 0.6) is 0 Å². The molecule has 432 valence electrons. The van der Waals surface area contributed by atoms with Gasteiger partial charge in [-0.3, -0.25) is 4.79 Å². The minimum atomic E-state index is -1.70. The Kier molecular flexibility index (Phi) is 43.5. The van der Waals surface area contributed by atoms with Crippen LogP contribution in [0.15, 0.2) is 12.2 Å². The summed E-state index contributed by atoms with van der Waals surface area (Å²) >= 11 is 0. The molecule has 0 radical (unpaired) electrons. The van der Waals surface area contributed by atoms with Crippen LogP contribution in [0, 0.1) is 0 Å². The molecule has 2 fully saturated rings. The normalized spacial score (nSPS) is 24.9. The number of carbonyl (C=O) groups excluding carboxylic acids is 1. The van der Waals surface area contributed by atoms with Gasteiger partial charge in [0.15, 0.2) is 12.6 Å². The van der Waals surface area contributed by atoms with Crippen molar-refractivity contribution in [1.29, 1.82) is 0 Å². The first-order valence-corrected chi connectivity index (χ1v) is 30.3. The van der Waals surface area contributed by atoms with Gasteiger partial charge in [-0.2, -0.15) is 0 Å². The Balaban J connectivity index is 1.69. The fraction of sp³-hybridized carbons (Fsp3) is 0.949. The number of hydrogen-bond donors (Lipinski definition) is 7. The second kappa shape index (κ2) is 46.8. The number of rotatable bonds is 50. The fourth-order valence-electron chi connectivity index (χ4n) is 9.87. The van der Waals surface area contributed by atoms with Gasteiger partial charge >= 0.3 is 5.97 Å². The minimum Gasteiger partial charge on any atom is -0.457 e. The number of unbranched alkanes of at least 4 members (excludes halogenated alkanes) is 34. The standard InChI is InChI=1S/C59H112O14/c1-3-5-7-9-11-13-15-17-19-21-23-24-25-26-28-30-32-34-36-38-40-42-51(61)71-48(45-68-43-41-39-37-35-33-31-29-27-22-20-18-16-14-12-10-8-6-4-2)46-69-58-57(67)55(65)53(63)50(73-58)47-70-59-56(66)54(64)52(62)49(44-60)72-59/h18,20,48-50,52-60,62-67H,3-17,19,21-47H2,1-2H3/b20-18-. The summed E-state index contributed by atoms with van der Waals surface area (Å²) in [6, 6.07) is 0. The van der Waals surface area contributed by atoms with E-state index < -0.39 is 80.7 Å². The Morgan fingerprint density at radius 2 is 0.808 bits per heavy atom. The third-order valence-electron chi connectivity index (χ3n) is 14.8. The lowest BCUT2D eigenvalue weighted by Crippen LogP contribution is -2.61. The predicted molar refractivity (Wildman–Crippen MR) is 289 cm³/mol. The van der Waals surface area contributed by atoms with Gasteiger partial charge < -0.3 is 64.2 Å². The second-order valence-electron chi connectivity index (χ2n) is 21.5. The summed E-state index contributed by atoms with van der Waals surface area (Å²) in [4.78, 5) is 13.1. The molecular weight excluding hydrogens is 933 g/mol. The zero-order valence-electron chi connectivity index (χ0n) is 46.4. The van der Waals surface area contributed by atoms with Crippen LogP contribution in [0.25, 0.3) is 0 Å². The molecule has 2 rings (SSSR count). The number of carbonyl (C=O) groups is 1. The highest BCUT2D eigenvalue weighted by Crippen LogP contribution is 2.27. The van der Waals surface area contributed by atoms with Gasteiger partial charge in [0, 0.05) is 13.0 Å². The van der Waals surface area contributed by atoms with Gasteiger partial charge in [-0.05, 0) is 38.5 Å². The van der Waals surface area contributed by atoms with Crippen LogP contribution >= 0.6 is 0 Å². The number of aliphatic hydroxyl groups is 7. The van der Waals surface area contributed by atoms with Gasteiger partial charge in [-0.1, -0.05) is 225 Å². The zero-order valence-corrected chi connectivity index (χ0v) is 46.4. The molecular formula is C59H112O14. The van der Waals surface area contributed by atoms with Gasteiger partial charge in [0.1, 0.15) is 54.9 Å². The maximum Gasteiger partial charge on any atom is 0.306 e. The number of aliphatic hydroxyl groups excluding tert-OH is 7. The van der Waals surface area contributed by atoms with Crippen LogP contribution in [0.4, 0.5) is 0 Å². The monoisotopic (exact) mass is 1040 g/mol. The molecule has 14 nitrogen and oxygen atoms in total. The predicted octanol–water partition coefficient (Wildman–Crippen LogP) is 11.0. The van der Waals surface area contributed by atoms with Crippen LogP contribution in [-0.2, 0) is 33.2 Å². The third kappa shape index (κ3) is 33.6. The lowest BCUT2D eigenvalue weighted by molar-refractivity contribution is -0.332. The van der Waals surface area contributed by atoms with Gasteiger partial charge in [-0.15, -0.1) is 0 Å². The Bertz CT molecular complexity index is 1260. The molecule has 73 heavy (non-hydrogen) atoms. The van der Waals surface area contributed by atoms with E-state index in [-0.39, 0.29) is 25.6 Å². The first-order chi connectivity index (χ1) is 35.6. The summed E-state index contributed by atoms with van der Waals surface area (Å²) in [6.45, 7) is 3.74. The quantitative estimate of drug-likeness (QED) is 0.0172. The number of ether oxygens (including phenoxy) is 6. The first-order valence-electron chi connectivity index (χ1n) is 30.3. The molecule has 0 aliphatic carbocycles. The van der Waals surface area contributed by atoms with Gasteiger partial charge in [-0.25, -0.2) is 0 Å². The van der Waals surface area contributed by atoms with Crippen molar-refractivity contribution in [2.45, 2.75) is 325 Å². The molecule has 14 heteroatoms. The fourth-order valence-corrected chi connectivity index (χ4v) is 9.87.